The molecule has 2 aromatic heterocycles. The lowest BCUT2D eigenvalue weighted by molar-refractivity contribution is -0.00608. The Morgan fingerprint density at radius 3 is 2.55 bits per heavy atom. The van der Waals surface area contributed by atoms with Crippen molar-refractivity contribution in [2.75, 3.05) is 35.1 Å². The van der Waals surface area contributed by atoms with E-state index >= 15 is 0 Å². The van der Waals surface area contributed by atoms with Crippen LogP contribution in [0.5, 0.6) is 0 Å². The second-order valence-corrected chi connectivity index (χ2v) is 12.4. The molecule has 9 nitrogen and oxygen atoms in total. The summed E-state index contributed by atoms with van der Waals surface area (Å²) in [4.78, 5) is 11.5. The minimum Gasteiger partial charge on any atom is -0.395 e. The van der Waals surface area contributed by atoms with E-state index in [1.54, 1.807) is 10.8 Å². The van der Waals surface area contributed by atoms with Crippen LogP contribution < -0.4 is 9.62 Å². The van der Waals surface area contributed by atoms with Crippen LogP contribution in [0.1, 0.15) is 56.5 Å². The van der Waals surface area contributed by atoms with Crippen molar-refractivity contribution in [3.05, 3.63) is 48.1 Å². The molecule has 1 saturated heterocycles. The van der Waals surface area contributed by atoms with Crippen molar-refractivity contribution in [2.24, 2.45) is 5.41 Å². The van der Waals surface area contributed by atoms with Crippen molar-refractivity contribution in [1.29, 1.82) is 0 Å². The van der Waals surface area contributed by atoms with E-state index in [0.29, 0.717) is 28.3 Å². The highest BCUT2D eigenvalue weighted by atomic mass is 32.2. The lowest BCUT2D eigenvalue weighted by Gasteiger charge is -2.35. The van der Waals surface area contributed by atoms with Gasteiger partial charge in [0.25, 0.3) is 5.92 Å². The van der Waals surface area contributed by atoms with Crippen molar-refractivity contribution in [1.82, 2.24) is 25.0 Å². The fourth-order valence-electron chi connectivity index (χ4n) is 5.54. The Bertz CT molecular complexity index is 1460. The van der Waals surface area contributed by atoms with Gasteiger partial charge in [-0.25, -0.2) is 27.6 Å². The molecule has 0 bridgehead atoms. The Balaban J connectivity index is 1.31. The summed E-state index contributed by atoms with van der Waals surface area (Å²) in [5.74, 6) is -2.08. The minimum atomic E-state index is -2.68. The molecule has 1 aromatic carbocycles. The van der Waals surface area contributed by atoms with Gasteiger partial charge in [-0.05, 0) is 74.3 Å². The van der Waals surface area contributed by atoms with Crippen molar-refractivity contribution in [3.63, 3.8) is 0 Å². The molecule has 3 heterocycles. The maximum atomic E-state index is 13.7. The maximum Gasteiger partial charge on any atom is 0.251 e. The Morgan fingerprint density at radius 2 is 1.85 bits per heavy atom. The molecule has 1 atom stereocenters. The Kier molecular flexibility index (Phi) is 7.16. The fraction of sp³-hybridized carbons (Fsp3) is 0.500. The number of benzene rings is 1. The molecule has 2 N–H and O–H groups in total. The minimum absolute atomic E-state index is 0.148. The van der Waals surface area contributed by atoms with E-state index in [1.807, 2.05) is 37.4 Å². The number of nitrogens with zero attached hydrogens (tertiary/aromatic N) is 6. The van der Waals surface area contributed by atoms with E-state index in [9.17, 15) is 13.0 Å². The largest absolute Gasteiger partial charge is 0.395 e. The zero-order chi connectivity index (χ0) is 27.9. The third kappa shape index (κ3) is 5.78. The van der Waals surface area contributed by atoms with Crippen LogP contribution in [-0.2, 0) is 11.0 Å². The standard InChI is InChI=1S/C28H33F2N7O2S/c1-19-16-22(32-26(31-19)20-4-6-28(29,30)7-5-20)23-18-37(35-33-23)24-3-2-21(34-40(39)15-14-38)17-25(24)36-12-10-27(8-9-27)11-13-36/h2-4,16-18,34,38H,5-15H2,1H3. The Hall–Kier alpha value is -3.25. The summed E-state index contributed by atoms with van der Waals surface area (Å²) in [6.07, 6.45) is 7.98. The molecule has 1 saturated carbocycles. The van der Waals surface area contributed by atoms with Crippen molar-refractivity contribution in [2.45, 2.75) is 57.8 Å². The molecule has 12 heteroatoms. The highest BCUT2D eigenvalue weighted by Crippen LogP contribution is 2.54. The topological polar surface area (TPSA) is 109 Å². The van der Waals surface area contributed by atoms with Crippen LogP contribution in [0, 0.1) is 12.3 Å². The second kappa shape index (κ2) is 10.6. The Labute approximate surface area is 234 Å². The first-order valence-electron chi connectivity index (χ1n) is 13.7. The lowest BCUT2D eigenvalue weighted by atomic mass is 9.93. The monoisotopic (exact) mass is 569 g/mol. The van der Waals surface area contributed by atoms with Gasteiger partial charge in [0.1, 0.15) is 16.7 Å². The van der Waals surface area contributed by atoms with Gasteiger partial charge in [0.15, 0.2) is 5.82 Å². The third-order valence-electron chi connectivity index (χ3n) is 8.16. The number of alkyl halides is 2. The van der Waals surface area contributed by atoms with Crippen LogP contribution >= 0.6 is 0 Å². The van der Waals surface area contributed by atoms with E-state index in [-0.39, 0.29) is 31.6 Å². The van der Waals surface area contributed by atoms with Gasteiger partial charge in [-0.1, -0.05) is 11.3 Å². The SMILES string of the molecule is Cc1cc(-c2cn(-c3ccc(NS(=O)CCO)cc3N3CCC4(CC3)CC4)nn2)nc(C2=CCC(F)(F)CC2)n1. The van der Waals surface area contributed by atoms with E-state index in [1.165, 1.54) is 12.8 Å². The van der Waals surface area contributed by atoms with E-state index in [0.717, 1.165) is 48.6 Å². The van der Waals surface area contributed by atoms with Crippen molar-refractivity contribution in [3.8, 4) is 17.1 Å². The van der Waals surface area contributed by atoms with Gasteiger partial charge in [0.05, 0.1) is 35.6 Å². The molecule has 0 amide bonds. The predicted octanol–water partition coefficient (Wildman–Crippen LogP) is 4.68. The quantitative estimate of drug-likeness (QED) is 0.405. The van der Waals surface area contributed by atoms with Gasteiger partial charge in [-0.3, -0.25) is 0 Å². The number of anilines is 2. The van der Waals surface area contributed by atoms with Gasteiger partial charge >= 0.3 is 0 Å². The lowest BCUT2D eigenvalue weighted by Crippen LogP contribution is -2.35. The molecule has 6 rings (SSSR count). The number of hydrogen-bond donors (Lipinski definition) is 2. The molecular weight excluding hydrogens is 536 g/mol. The molecular formula is C28H33F2N7O2S. The number of aliphatic hydroxyl groups excluding tert-OH is 1. The van der Waals surface area contributed by atoms with Crippen molar-refractivity contribution < 1.29 is 18.1 Å². The zero-order valence-electron chi connectivity index (χ0n) is 22.4. The van der Waals surface area contributed by atoms with Crippen LogP contribution in [0.25, 0.3) is 22.6 Å². The molecule has 212 valence electrons. The van der Waals surface area contributed by atoms with E-state index < -0.39 is 16.9 Å². The first kappa shape index (κ1) is 26.9. The average molecular weight is 570 g/mol. The highest BCUT2D eigenvalue weighted by molar-refractivity contribution is 7.86. The normalized spacial score (nSPS) is 20.3. The molecule has 1 unspecified atom stereocenters. The number of aromatic nitrogens is 5. The van der Waals surface area contributed by atoms with Crippen LogP contribution in [0.2, 0.25) is 0 Å². The summed E-state index contributed by atoms with van der Waals surface area (Å²) >= 11 is 0. The van der Waals surface area contributed by atoms with Gasteiger partial charge in [0.2, 0.25) is 0 Å². The van der Waals surface area contributed by atoms with Gasteiger partial charge < -0.3 is 14.7 Å². The molecule has 0 radical (unpaired) electrons. The van der Waals surface area contributed by atoms with Crippen LogP contribution in [0.4, 0.5) is 20.2 Å². The van der Waals surface area contributed by atoms with Crippen LogP contribution in [0.15, 0.2) is 36.5 Å². The Morgan fingerprint density at radius 1 is 1.05 bits per heavy atom. The summed E-state index contributed by atoms with van der Waals surface area (Å²) in [6, 6.07) is 7.58. The average Bonchev–Trinajstić information content (AvgIpc) is 3.49. The maximum absolute atomic E-state index is 13.7. The predicted molar refractivity (Wildman–Crippen MR) is 151 cm³/mol. The molecule has 3 aromatic rings. The number of hydrogen-bond acceptors (Lipinski definition) is 7. The number of piperidine rings is 1. The molecule has 2 aliphatic carbocycles. The van der Waals surface area contributed by atoms with Gasteiger partial charge in [-0.15, -0.1) is 5.10 Å². The number of halogens is 2. The number of aryl methyl sites for hydroxylation is 1. The third-order valence-corrected chi connectivity index (χ3v) is 9.17. The second-order valence-electron chi connectivity index (χ2n) is 11.1. The molecule has 1 aliphatic heterocycles. The van der Waals surface area contributed by atoms with Crippen LogP contribution in [0.3, 0.4) is 0 Å². The van der Waals surface area contributed by atoms with Crippen molar-refractivity contribution >= 4 is 27.9 Å². The summed E-state index contributed by atoms with van der Waals surface area (Å²) in [7, 11) is -1.38. The molecule has 2 fully saturated rings. The van der Waals surface area contributed by atoms with Gasteiger partial charge in [0, 0.05) is 37.3 Å². The highest BCUT2D eigenvalue weighted by Gasteiger charge is 2.44. The fourth-order valence-corrected chi connectivity index (χ4v) is 6.20. The number of aliphatic hydroxyl groups is 1. The van der Waals surface area contributed by atoms with Gasteiger partial charge in [-0.2, -0.15) is 0 Å². The molecule has 40 heavy (non-hydrogen) atoms. The number of rotatable bonds is 8. The number of allylic oxidation sites excluding steroid dienone is 2. The molecule has 3 aliphatic rings. The zero-order valence-corrected chi connectivity index (χ0v) is 23.3. The smallest absolute Gasteiger partial charge is 0.251 e. The summed E-state index contributed by atoms with van der Waals surface area (Å²) in [5, 5.41) is 18.0. The number of nitrogens with one attached hydrogen (secondary N) is 1. The first-order chi connectivity index (χ1) is 19.2. The van der Waals surface area contributed by atoms with E-state index in [4.69, 9.17) is 5.11 Å². The summed E-state index contributed by atoms with van der Waals surface area (Å²) < 4.78 is 44.3. The summed E-state index contributed by atoms with van der Waals surface area (Å²) in [5.41, 5.74) is 5.62. The van der Waals surface area contributed by atoms with E-state index in [2.05, 4.69) is 29.9 Å². The first-order valence-corrected chi connectivity index (χ1v) is 15.1. The summed E-state index contributed by atoms with van der Waals surface area (Å²) in [6.45, 7) is 3.56. The van der Waals surface area contributed by atoms with Crippen LogP contribution in [-0.4, -0.2) is 65.6 Å². The molecule has 1 spiro atoms.